The van der Waals surface area contributed by atoms with Crippen molar-refractivity contribution in [2.75, 3.05) is 31.6 Å². The zero-order valence-corrected chi connectivity index (χ0v) is 17.3. The lowest BCUT2D eigenvalue weighted by molar-refractivity contribution is -0.121. The van der Waals surface area contributed by atoms with Crippen molar-refractivity contribution < 1.29 is 18.3 Å². The van der Waals surface area contributed by atoms with Crippen LogP contribution in [0.1, 0.15) is 42.7 Å². The number of carbonyl (C=O) groups is 1. The Labute approximate surface area is 176 Å². The molecule has 2 aromatic carbocycles. The van der Waals surface area contributed by atoms with E-state index in [0.29, 0.717) is 24.6 Å². The second kappa shape index (κ2) is 9.02. The highest BCUT2D eigenvalue weighted by Crippen LogP contribution is 2.35. The molecule has 6 heteroatoms. The summed E-state index contributed by atoms with van der Waals surface area (Å²) in [5.74, 6) is -0.147. The summed E-state index contributed by atoms with van der Waals surface area (Å²) in [6.07, 6.45) is 4.57. The number of ether oxygens (including phenoxy) is 1. The Balaban J connectivity index is 1.28. The van der Waals surface area contributed by atoms with Gasteiger partial charge in [0.15, 0.2) is 11.6 Å². The number of methoxy groups -OCH3 is 1. The van der Waals surface area contributed by atoms with Crippen LogP contribution in [-0.4, -0.2) is 32.7 Å². The van der Waals surface area contributed by atoms with Crippen LogP contribution in [0.5, 0.6) is 5.75 Å². The summed E-state index contributed by atoms with van der Waals surface area (Å²) < 4.78 is 32.0. The first-order valence-corrected chi connectivity index (χ1v) is 10.7. The van der Waals surface area contributed by atoms with Crippen LogP contribution in [0.4, 0.5) is 14.5 Å². The summed E-state index contributed by atoms with van der Waals surface area (Å²) >= 11 is 0. The third kappa shape index (κ3) is 4.58. The molecule has 0 aromatic heterocycles. The van der Waals surface area contributed by atoms with Crippen molar-refractivity contribution in [3.05, 3.63) is 59.2 Å². The van der Waals surface area contributed by atoms with Crippen molar-refractivity contribution in [1.82, 2.24) is 5.32 Å². The van der Waals surface area contributed by atoms with Crippen LogP contribution in [0.25, 0.3) is 0 Å². The van der Waals surface area contributed by atoms with Crippen molar-refractivity contribution in [3.8, 4) is 5.75 Å². The van der Waals surface area contributed by atoms with Gasteiger partial charge in [-0.3, -0.25) is 4.79 Å². The number of anilines is 1. The maximum absolute atomic E-state index is 13.5. The van der Waals surface area contributed by atoms with Gasteiger partial charge >= 0.3 is 0 Å². The van der Waals surface area contributed by atoms with E-state index in [1.165, 1.54) is 17.2 Å². The molecule has 30 heavy (non-hydrogen) atoms. The fourth-order valence-electron chi connectivity index (χ4n) is 4.70. The van der Waals surface area contributed by atoms with Crippen molar-refractivity contribution in [2.24, 2.45) is 5.92 Å². The maximum Gasteiger partial charge on any atom is 0.220 e. The zero-order chi connectivity index (χ0) is 21.1. The van der Waals surface area contributed by atoms with Gasteiger partial charge < -0.3 is 15.0 Å². The topological polar surface area (TPSA) is 41.6 Å². The number of fused-ring (bicyclic) bond motifs is 1. The first-order chi connectivity index (χ1) is 14.5. The average molecular weight is 414 g/mol. The summed E-state index contributed by atoms with van der Waals surface area (Å²) in [5.41, 5.74) is 3.25. The predicted octanol–water partition coefficient (Wildman–Crippen LogP) is 4.43. The van der Waals surface area contributed by atoms with Crippen LogP contribution < -0.4 is 15.0 Å². The van der Waals surface area contributed by atoms with E-state index in [-0.39, 0.29) is 11.8 Å². The van der Waals surface area contributed by atoms with Gasteiger partial charge in [0.05, 0.1) is 7.11 Å². The van der Waals surface area contributed by atoms with Crippen LogP contribution in [0, 0.1) is 17.6 Å². The molecule has 2 aromatic rings. The molecule has 1 amide bonds. The van der Waals surface area contributed by atoms with Crippen molar-refractivity contribution in [3.63, 3.8) is 0 Å². The second-order valence-electron chi connectivity index (χ2n) is 8.36. The molecule has 2 aliphatic rings. The molecule has 0 bridgehead atoms. The largest absolute Gasteiger partial charge is 0.497 e. The normalized spacial score (nSPS) is 20.7. The number of aryl methyl sites for hydroxylation is 1. The first-order valence-electron chi connectivity index (χ1n) is 10.7. The standard InChI is InChI=1S/C24H28F2N2O2/c1-30-20-6-7-21-17(11-20)3-2-4-18(21)12-24(29)27-14-16-9-10-28(15-16)19-5-8-22(25)23(26)13-19/h5-8,11,13,16,18H,2-4,9-10,12,14-15H2,1H3,(H,27,29). The van der Waals surface area contributed by atoms with Gasteiger partial charge in [-0.25, -0.2) is 8.78 Å². The lowest BCUT2D eigenvalue weighted by Gasteiger charge is -2.26. The van der Waals surface area contributed by atoms with E-state index in [1.807, 2.05) is 11.0 Å². The summed E-state index contributed by atoms with van der Waals surface area (Å²) in [6, 6.07) is 10.2. The van der Waals surface area contributed by atoms with Crippen molar-refractivity contribution in [1.29, 1.82) is 0 Å². The maximum atomic E-state index is 13.5. The lowest BCUT2D eigenvalue weighted by Crippen LogP contribution is -2.32. The minimum absolute atomic E-state index is 0.0787. The molecule has 1 fully saturated rings. The van der Waals surface area contributed by atoms with Crippen LogP contribution in [-0.2, 0) is 11.2 Å². The van der Waals surface area contributed by atoms with E-state index in [4.69, 9.17) is 4.74 Å². The monoisotopic (exact) mass is 414 g/mol. The van der Waals surface area contributed by atoms with Gasteiger partial charge in [0, 0.05) is 37.8 Å². The van der Waals surface area contributed by atoms with Gasteiger partial charge in [0.1, 0.15) is 5.75 Å². The zero-order valence-electron chi connectivity index (χ0n) is 17.3. The quantitative estimate of drug-likeness (QED) is 0.761. The second-order valence-corrected chi connectivity index (χ2v) is 8.36. The van der Waals surface area contributed by atoms with Crippen LogP contribution in [0.2, 0.25) is 0 Å². The van der Waals surface area contributed by atoms with Crippen molar-refractivity contribution in [2.45, 2.75) is 38.0 Å². The number of hydrogen-bond donors (Lipinski definition) is 1. The number of nitrogens with one attached hydrogen (secondary N) is 1. The molecular formula is C24H28F2N2O2. The fraction of sp³-hybridized carbons (Fsp3) is 0.458. The molecule has 1 aliphatic carbocycles. The number of amides is 1. The molecule has 4 rings (SSSR count). The minimum atomic E-state index is -0.829. The molecule has 4 nitrogen and oxygen atoms in total. The third-order valence-electron chi connectivity index (χ3n) is 6.36. The Morgan fingerprint density at radius 3 is 2.83 bits per heavy atom. The SMILES string of the molecule is COc1ccc2c(c1)CCCC2CC(=O)NCC1CCN(c2ccc(F)c(F)c2)C1. The highest BCUT2D eigenvalue weighted by Gasteiger charge is 2.26. The average Bonchev–Trinajstić information content (AvgIpc) is 3.23. The summed E-state index contributed by atoms with van der Waals surface area (Å²) in [7, 11) is 1.67. The van der Waals surface area contributed by atoms with E-state index in [9.17, 15) is 13.6 Å². The highest BCUT2D eigenvalue weighted by molar-refractivity contribution is 5.77. The Morgan fingerprint density at radius 1 is 1.17 bits per heavy atom. The number of rotatable bonds is 6. The lowest BCUT2D eigenvalue weighted by atomic mass is 9.81. The number of halogens is 2. The van der Waals surface area contributed by atoms with Gasteiger partial charge in [-0.1, -0.05) is 6.07 Å². The Bertz CT molecular complexity index is 918. The minimum Gasteiger partial charge on any atom is -0.497 e. The number of carbonyl (C=O) groups excluding carboxylic acids is 1. The van der Waals surface area contributed by atoms with Gasteiger partial charge in [-0.05, 0) is 72.9 Å². The van der Waals surface area contributed by atoms with Gasteiger partial charge in [-0.2, -0.15) is 0 Å². The summed E-state index contributed by atoms with van der Waals surface area (Å²) in [6.45, 7) is 2.13. The summed E-state index contributed by atoms with van der Waals surface area (Å²) in [4.78, 5) is 14.6. The summed E-state index contributed by atoms with van der Waals surface area (Å²) in [5, 5.41) is 3.09. The van der Waals surface area contributed by atoms with Gasteiger partial charge in [0.25, 0.3) is 0 Å². The molecule has 0 spiro atoms. The first kappa shape index (κ1) is 20.6. The number of benzene rings is 2. The Kier molecular flexibility index (Phi) is 6.21. The molecule has 160 valence electrons. The smallest absolute Gasteiger partial charge is 0.220 e. The number of nitrogens with zero attached hydrogens (tertiary/aromatic N) is 1. The van der Waals surface area contributed by atoms with E-state index in [0.717, 1.165) is 50.6 Å². The van der Waals surface area contributed by atoms with Crippen LogP contribution in [0.15, 0.2) is 36.4 Å². The van der Waals surface area contributed by atoms with E-state index in [2.05, 4.69) is 17.4 Å². The predicted molar refractivity (Wildman–Crippen MR) is 113 cm³/mol. The molecule has 1 aliphatic heterocycles. The molecule has 0 saturated carbocycles. The molecular weight excluding hydrogens is 386 g/mol. The van der Waals surface area contributed by atoms with E-state index in [1.54, 1.807) is 13.2 Å². The Hall–Kier alpha value is -2.63. The molecule has 0 radical (unpaired) electrons. The van der Waals surface area contributed by atoms with Crippen LogP contribution >= 0.6 is 0 Å². The van der Waals surface area contributed by atoms with Gasteiger partial charge in [-0.15, -0.1) is 0 Å². The fourth-order valence-corrected chi connectivity index (χ4v) is 4.70. The molecule has 1 N–H and O–H groups in total. The molecule has 1 heterocycles. The molecule has 1 saturated heterocycles. The highest BCUT2D eigenvalue weighted by atomic mass is 19.2. The van der Waals surface area contributed by atoms with Crippen molar-refractivity contribution >= 4 is 11.6 Å². The van der Waals surface area contributed by atoms with E-state index < -0.39 is 11.6 Å². The third-order valence-corrected chi connectivity index (χ3v) is 6.36. The van der Waals surface area contributed by atoms with Gasteiger partial charge in [0.2, 0.25) is 5.91 Å². The van der Waals surface area contributed by atoms with E-state index >= 15 is 0 Å². The van der Waals surface area contributed by atoms with Crippen LogP contribution in [0.3, 0.4) is 0 Å². The molecule has 2 unspecified atom stereocenters. The Morgan fingerprint density at radius 2 is 2.03 bits per heavy atom. The number of hydrogen-bond acceptors (Lipinski definition) is 3. The molecule has 2 atom stereocenters.